The zero-order valence-electron chi connectivity index (χ0n) is 20.1. The van der Waals surface area contributed by atoms with Gasteiger partial charge >= 0.3 is 0 Å². The molecule has 1 saturated heterocycles. The number of benzene rings is 3. The molecule has 0 aromatic heterocycles. The number of ketones is 1. The number of anilines is 1. The summed E-state index contributed by atoms with van der Waals surface area (Å²) in [5, 5.41) is 11.9. The molecule has 1 fully saturated rings. The summed E-state index contributed by atoms with van der Waals surface area (Å²) in [4.78, 5) is 27.8. The summed E-state index contributed by atoms with van der Waals surface area (Å²) in [5.74, 6) is -2.19. The van der Waals surface area contributed by atoms with Crippen LogP contribution in [0.2, 0.25) is 10.0 Å². The lowest BCUT2D eigenvalue weighted by Gasteiger charge is -2.26. The Morgan fingerprint density at radius 3 is 2.36 bits per heavy atom. The molecule has 1 aliphatic heterocycles. The molecular formula is C28H24Cl2FNO4. The van der Waals surface area contributed by atoms with Crippen molar-refractivity contribution < 1.29 is 23.8 Å². The van der Waals surface area contributed by atoms with Crippen molar-refractivity contribution in [2.24, 2.45) is 0 Å². The van der Waals surface area contributed by atoms with E-state index in [1.165, 1.54) is 36.4 Å². The van der Waals surface area contributed by atoms with Crippen LogP contribution in [0.5, 0.6) is 5.75 Å². The zero-order valence-corrected chi connectivity index (χ0v) is 21.6. The number of ether oxygens (including phenoxy) is 1. The third kappa shape index (κ3) is 4.36. The normalized spacial score (nSPS) is 17.2. The molecule has 5 nitrogen and oxygen atoms in total. The number of carbonyl (C=O) groups excluding carboxylic acids is 2. The van der Waals surface area contributed by atoms with Crippen LogP contribution in [0.3, 0.4) is 0 Å². The summed E-state index contributed by atoms with van der Waals surface area (Å²) in [5.41, 5.74) is 1.87. The molecule has 3 aromatic carbocycles. The Morgan fingerprint density at radius 1 is 1.06 bits per heavy atom. The molecule has 1 amide bonds. The van der Waals surface area contributed by atoms with Gasteiger partial charge in [0.15, 0.2) is 0 Å². The average Bonchev–Trinajstić information content (AvgIpc) is 3.10. The number of halogens is 3. The van der Waals surface area contributed by atoms with Crippen molar-refractivity contribution in [3.8, 4) is 5.75 Å². The molecule has 0 spiro atoms. The van der Waals surface area contributed by atoms with Gasteiger partial charge in [-0.2, -0.15) is 0 Å². The molecule has 0 bridgehead atoms. The highest BCUT2D eigenvalue weighted by Crippen LogP contribution is 2.45. The number of Topliss-reactive ketones (excluding diaryl/α,β-unsaturated/α-hetero) is 1. The van der Waals surface area contributed by atoms with Gasteiger partial charge in [0.1, 0.15) is 17.3 Å². The summed E-state index contributed by atoms with van der Waals surface area (Å²) >= 11 is 12.2. The van der Waals surface area contributed by atoms with Crippen LogP contribution in [0.4, 0.5) is 10.1 Å². The van der Waals surface area contributed by atoms with Gasteiger partial charge in [0.2, 0.25) is 0 Å². The van der Waals surface area contributed by atoms with E-state index >= 15 is 4.39 Å². The predicted molar refractivity (Wildman–Crippen MR) is 139 cm³/mol. The highest BCUT2D eigenvalue weighted by Gasteiger charge is 2.48. The van der Waals surface area contributed by atoms with E-state index in [-0.39, 0.29) is 32.8 Å². The fourth-order valence-corrected chi connectivity index (χ4v) is 4.74. The van der Waals surface area contributed by atoms with E-state index in [1.807, 2.05) is 13.8 Å². The zero-order chi connectivity index (χ0) is 26.3. The molecule has 4 rings (SSSR count). The lowest BCUT2D eigenvalue weighted by molar-refractivity contribution is -0.132. The number of methoxy groups -OCH3 is 1. The number of carbonyl (C=O) groups is 2. The van der Waals surface area contributed by atoms with E-state index in [0.29, 0.717) is 16.9 Å². The maximum atomic E-state index is 15.1. The maximum absolute atomic E-state index is 15.1. The van der Waals surface area contributed by atoms with Gasteiger partial charge in [-0.05, 0) is 60.4 Å². The summed E-state index contributed by atoms with van der Waals surface area (Å²) in [6, 6.07) is 12.5. The van der Waals surface area contributed by atoms with E-state index in [4.69, 9.17) is 27.9 Å². The van der Waals surface area contributed by atoms with E-state index in [9.17, 15) is 14.7 Å². The summed E-state index contributed by atoms with van der Waals surface area (Å²) in [7, 11) is 1.56. The van der Waals surface area contributed by atoms with Crippen molar-refractivity contribution >= 4 is 46.3 Å². The fraction of sp³-hybridized carbons (Fsp3) is 0.214. The van der Waals surface area contributed by atoms with E-state index in [0.717, 1.165) is 10.5 Å². The van der Waals surface area contributed by atoms with Crippen LogP contribution in [-0.2, 0) is 9.59 Å². The Bertz CT molecular complexity index is 1420. The van der Waals surface area contributed by atoms with Gasteiger partial charge in [0.25, 0.3) is 11.7 Å². The molecule has 1 aliphatic rings. The molecule has 1 heterocycles. The Balaban J connectivity index is 2.01. The minimum atomic E-state index is -1.23. The molecule has 1 atom stereocenters. The molecule has 186 valence electrons. The molecular weight excluding hydrogens is 504 g/mol. The van der Waals surface area contributed by atoms with Crippen LogP contribution >= 0.6 is 23.2 Å². The topological polar surface area (TPSA) is 66.8 Å². The van der Waals surface area contributed by atoms with Crippen LogP contribution < -0.4 is 9.64 Å². The van der Waals surface area contributed by atoms with Gasteiger partial charge in [0.05, 0.1) is 28.8 Å². The fourth-order valence-electron chi connectivity index (χ4n) is 4.45. The molecule has 0 aliphatic carbocycles. The number of rotatable bonds is 5. The Kier molecular flexibility index (Phi) is 7.12. The van der Waals surface area contributed by atoms with Crippen molar-refractivity contribution in [1.29, 1.82) is 0 Å². The molecule has 8 heteroatoms. The number of hydrogen-bond donors (Lipinski definition) is 1. The summed E-state index contributed by atoms with van der Waals surface area (Å²) < 4.78 is 20.6. The third-order valence-corrected chi connectivity index (χ3v) is 7.02. The molecule has 0 radical (unpaired) electrons. The first-order chi connectivity index (χ1) is 17.1. The number of hydrogen-bond acceptors (Lipinski definition) is 4. The Hall–Kier alpha value is -3.35. The molecule has 1 N–H and O–H groups in total. The van der Waals surface area contributed by atoms with E-state index in [2.05, 4.69) is 0 Å². The summed E-state index contributed by atoms with van der Waals surface area (Å²) in [6.07, 6.45) is 0. The summed E-state index contributed by atoms with van der Waals surface area (Å²) in [6.45, 7) is 5.70. The highest BCUT2D eigenvalue weighted by molar-refractivity contribution is 6.52. The number of nitrogens with zero attached hydrogens (tertiary/aromatic N) is 1. The van der Waals surface area contributed by atoms with Crippen LogP contribution in [0, 0.1) is 12.7 Å². The van der Waals surface area contributed by atoms with Gasteiger partial charge in [-0.1, -0.05) is 55.2 Å². The van der Waals surface area contributed by atoms with Gasteiger partial charge in [-0.15, -0.1) is 0 Å². The largest absolute Gasteiger partial charge is 0.507 e. The van der Waals surface area contributed by atoms with Gasteiger partial charge in [-0.25, -0.2) is 4.39 Å². The third-order valence-electron chi connectivity index (χ3n) is 6.28. The lowest BCUT2D eigenvalue weighted by Crippen LogP contribution is -2.29. The van der Waals surface area contributed by atoms with Crippen LogP contribution in [0.15, 0.2) is 60.2 Å². The predicted octanol–water partition coefficient (Wildman–Crippen LogP) is 7.20. The van der Waals surface area contributed by atoms with Crippen molar-refractivity contribution in [2.75, 3.05) is 12.0 Å². The van der Waals surface area contributed by atoms with Crippen molar-refractivity contribution in [3.05, 3.63) is 98.3 Å². The van der Waals surface area contributed by atoms with Gasteiger partial charge in [-0.3, -0.25) is 14.5 Å². The molecule has 3 aromatic rings. The molecule has 36 heavy (non-hydrogen) atoms. The SMILES string of the molecule is COc1cc(C)c(/C(O)=C2\C(=O)C(=O)N(c3ccc(Cl)c(Cl)c3)C2c2ccccc2F)cc1C(C)C. The minimum absolute atomic E-state index is 0.0492. The van der Waals surface area contributed by atoms with Crippen molar-refractivity contribution in [3.63, 3.8) is 0 Å². The van der Waals surface area contributed by atoms with E-state index < -0.39 is 29.3 Å². The number of aliphatic hydroxyl groups is 1. The van der Waals surface area contributed by atoms with Crippen molar-refractivity contribution in [2.45, 2.75) is 32.7 Å². The molecule has 1 unspecified atom stereocenters. The highest BCUT2D eigenvalue weighted by atomic mass is 35.5. The first-order valence-electron chi connectivity index (χ1n) is 11.3. The van der Waals surface area contributed by atoms with Gasteiger partial charge < -0.3 is 9.84 Å². The van der Waals surface area contributed by atoms with Crippen LogP contribution in [0.1, 0.15) is 48.1 Å². The Labute approximate surface area is 218 Å². The quantitative estimate of drug-likeness (QED) is 0.216. The lowest BCUT2D eigenvalue weighted by atomic mass is 9.91. The monoisotopic (exact) mass is 527 g/mol. The minimum Gasteiger partial charge on any atom is -0.507 e. The number of amides is 1. The van der Waals surface area contributed by atoms with E-state index in [1.54, 1.807) is 32.2 Å². The molecule has 0 saturated carbocycles. The van der Waals surface area contributed by atoms with Gasteiger partial charge in [0, 0.05) is 16.8 Å². The second kappa shape index (κ2) is 9.96. The van der Waals surface area contributed by atoms with Crippen LogP contribution in [-0.4, -0.2) is 23.9 Å². The second-order valence-electron chi connectivity index (χ2n) is 8.85. The number of aryl methyl sites for hydroxylation is 1. The maximum Gasteiger partial charge on any atom is 0.300 e. The van der Waals surface area contributed by atoms with Crippen LogP contribution in [0.25, 0.3) is 5.76 Å². The first-order valence-corrected chi connectivity index (χ1v) is 12.0. The second-order valence-corrected chi connectivity index (χ2v) is 9.67. The average molecular weight is 528 g/mol. The smallest absolute Gasteiger partial charge is 0.300 e. The standard InChI is InChI=1S/C28H24Cl2FNO4/c1-14(2)18-13-19(15(3)11-23(18)36-4)26(33)24-25(17-7-5-6-8-22(17)31)32(28(35)27(24)34)16-9-10-20(29)21(30)12-16/h5-14,25,33H,1-4H3/b26-24+. The number of aliphatic hydroxyl groups excluding tert-OH is 1. The Morgan fingerprint density at radius 2 is 1.75 bits per heavy atom. The van der Waals surface area contributed by atoms with Crippen molar-refractivity contribution in [1.82, 2.24) is 0 Å². The first kappa shape index (κ1) is 25.7.